The predicted octanol–water partition coefficient (Wildman–Crippen LogP) is 2.84. The summed E-state index contributed by atoms with van der Waals surface area (Å²) < 4.78 is 0. The average Bonchev–Trinajstić information content (AvgIpc) is 2.25. The summed E-state index contributed by atoms with van der Waals surface area (Å²) >= 11 is 0. The minimum atomic E-state index is -0.788. The highest BCUT2D eigenvalue weighted by Gasteiger charge is 2.39. The Balaban J connectivity index is 2.77. The molecule has 0 heterocycles. The lowest BCUT2D eigenvalue weighted by atomic mass is 9.68. The van der Waals surface area contributed by atoms with E-state index in [4.69, 9.17) is 10.8 Å². The fourth-order valence-electron chi connectivity index (χ4n) is 2.04. The molecule has 0 spiro atoms. The number of hydrogen-bond acceptors (Lipinski definition) is 2. The molecule has 0 aliphatic rings. The van der Waals surface area contributed by atoms with Gasteiger partial charge in [0, 0.05) is 5.54 Å². The molecule has 0 fully saturated rings. The van der Waals surface area contributed by atoms with Crippen LogP contribution in [0.1, 0.15) is 39.2 Å². The summed E-state index contributed by atoms with van der Waals surface area (Å²) in [5.41, 5.74) is 6.46. The number of aliphatic carboxylic acids is 1. The Hall–Kier alpha value is -1.35. The van der Waals surface area contributed by atoms with Gasteiger partial charge in [-0.05, 0) is 37.7 Å². The van der Waals surface area contributed by atoms with Crippen molar-refractivity contribution in [2.75, 3.05) is 0 Å². The minimum Gasteiger partial charge on any atom is -0.481 e. The van der Waals surface area contributed by atoms with E-state index in [1.807, 2.05) is 39.0 Å². The van der Waals surface area contributed by atoms with Gasteiger partial charge in [-0.15, -0.1) is 0 Å². The van der Waals surface area contributed by atoms with Gasteiger partial charge in [-0.1, -0.05) is 37.3 Å². The zero-order chi connectivity index (χ0) is 13.8. The fraction of sp³-hybridized carbons (Fsp3) is 0.533. The second-order valence-electron chi connectivity index (χ2n) is 5.84. The van der Waals surface area contributed by atoms with Crippen LogP contribution in [-0.4, -0.2) is 16.6 Å². The molecule has 0 saturated heterocycles. The van der Waals surface area contributed by atoms with E-state index in [-0.39, 0.29) is 6.42 Å². The normalized spacial score (nSPS) is 15.1. The van der Waals surface area contributed by atoms with Crippen LogP contribution >= 0.6 is 0 Å². The van der Waals surface area contributed by atoms with Crippen LogP contribution in [-0.2, 0) is 11.2 Å². The minimum absolute atomic E-state index is 0.101. The quantitative estimate of drug-likeness (QED) is 0.815. The Labute approximate surface area is 109 Å². The maximum absolute atomic E-state index is 11.0. The maximum atomic E-state index is 11.0. The first-order valence-corrected chi connectivity index (χ1v) is 6.29. The maximum Gasteiger partial charge on any atom is 0.303 e. The van der Waals surface area contributed by atoms with Gasteiger partial charge in [0.1, 0.15) is 0 Å². The monoisotopic (exact) mass is 249 g/mol. The molecule has 0 saturated carbocycles. The fourth-order valence-corrected chi connectivity index (χ4v) is 2.04. The number of carboxylic acid groups (broad SMARTS) is 1. The van der Waals surface area contributed by atoms with E-state index in [0.717, 1.165) is 12.8 Å². The first-order chi connectivity index (χ1) is 8.24. The SMILES string of the molecule is CC(C)(N)C(C)(CCc1ccccc1)CC(=O)O. The standard InChI is InChI=1S/C15H23NO2/c1-14(2,16)15(3,11-13(17)18)10-9-12-7-5-4-6-8-12/h4-8H,9-11,16H2,1-3H3,(H,17,18). The van der Waals surface area contributed by atoms with E-state index in [1.165, 1.54) is 5.56 Å². The molecule has 0 aliphatic heterocycles. The Morgan fingerprint density at radius 1 is 1.22 bits per heavy atom. The molecule has 3 nitrogen and oxygen atoms in total. The van der Waals surface area contributed by atoms with Gasteiger partial charge in [-0.3, -0.25) is 4.79 Å². The Morgan fingerprint density at radius 2 is 1.78 bits per heavy atom. The average molecular weight is 249 g/mol. The number of carboxylic acids is 1. The van der Waals surface area contributed by atoms with Crippen LogP contribution < -0.4 is 5.73 Å². The lowest BCUT2D eigenvalue weighted by Crippen LogP contribution is -2.50. The lowest BCUT2D eigenvalue weighted by Gasteiger charge is -2.41. The van der Waals surface area contributed by atoms with Gasteiger partial charge in [-0.2, -0.15) is 0 Å². The summed E-state index contributed by atoms with van der Waals surface area (Å²) in [6.07, 6.45) is 1.72. The van der Waals surface area contributed by atoms with E-state index in [1.54, 1.807) is 0 Å². The van der Waals surface area contributed by atoms with Gasteiger partial charge in [0.05, 0.1) is 6.42 Å². The number of rotatable bonds is 6. The molecule has 0 amide bonds. The second-order valence-corrected chi connectivity index (χ2v) is 5.84. The zero-order valence-electron chi connectivity index (χ0n) is 11.4. The van der Waals surface area contributed by atoms with Crippen molar-refractivity contribution in [1.82, 2.24) is 0 Å². The van der Waals surface area contributed by atoms with Crippen molar-refractivity contribution in [3.05, 3.63) is 35.9 Å². The third-order valence-corrected chi connectivity index (χ3v) is 3.91. The van der Waals surface area contributed by atoms with E-state index in [2.05, 4.69) is 12.1 Å². The van der Waals surface area contributed by atoms with Gasteiger partial charge in [0.2, 0.25) is 0 Å². The van der Waals surface area contributed by atoms with Crippen molar-refractivity contribution < 1.29 is 9.90 Å². The molecule has 1 rings (SSSR count). The van der Waals surface area contributed by atoms with Crippen LogP contribution in [0, 0.1) is 5.41 Å². The van der Waals surface area contributed by atoms with Gasteiger partial charge in [-0.25, -0.2) is 0 Å². The Morgan fingerprint density at radius 3 is 2.22 bits per heavy atom. The van der Waals surface area contributed by atoms with E-state index < -0.39 is 16.9 Å². The summed E-state index contributed by atoms with van der Waals surface area (Å²) in [5, 5.41) is 9.05. The first-order valence-electron chi connectivity index (χ1n) is 6.29. The summed E-state index contributed by atoms with van der Waals surface area (Å²) in [6.45, 7) is 5.77. The highest BCUT2D eigenvalue weighted by atomic mass is 16.4. The summed E-state index contributed by atoms with van der Waals surface area (Å²) in [6, 6.07) is 10.1. The summed E-state index contributed by atoms with van der Waals surface area (Å²) in [5.74, 6) is -0.788. The molecule has 0 aliphatic carbocycles. The number of benzene rings is 1. The number of nitrogens with two attached hydrogens (primary N) is 1. The Bertz CT molecular complexity index is 395. The van der Waals surface area contributed by atoms with Crippen molar-refractivity contribution >= 4 is 5.97 Å². The van der Waals surface area contributed by atoms with Crippen LogP contribution in [0.15, 0.2) is 30.3 Å². The van der Waals surface area contributed by atoms with Crippen molar-refractivity contribution in [2.24, 2.45) is 11.1 Å². The van der Waals surface area contributed by atoms with E-state index >= 15 is 0 Å². The molecule has 1 aromatic rings. The van der Waals surface area contributed by atoms with Crippen LogP contribution in [0.3, 0.4) is 0 Å². The Kier molecular flexibility index (Phi) is 4.52. The number of hydrogen-bond donors (Lipinski definition) is 2. The van der Waals surface area contributed by atoms with Crippen molar-refractivity contribution in [3.8, 4) is 0 Å². The van der Waals surface area contributed by atoms with E-state index in [9.17, 15) is 4.79 Å². The lowest BCUT2D eigenvalue weighted by molar-refractivity contribution is -0.140. The smallest absolute Gasteiger partial charge is 0.303 e. The molecular formula is C15H23NO2. The molecule has 0 aromatic heterocycles. The molecular weight excluding hydrogens is 226 g/mol. The number of carbonyl (C=O) groups is 1. The third kappa shape index (κ3) is 3.84. The van der Waals surface area contributed by atoms with Crippen molar-refractivity contribution in [2.45, 2.75) is 45.6 Å². The topological polar surface area (TPSA) is 63.3 Å². The number of aryl methyl sites for hydroxylation is 1. The predicted molar refractivity (Wildman–Crippen MR) is 73.4 cm³/mol. The molecule has 1 atom stereocenters. The molecule has 1 aromatic carbocycles. The van der Waals surface area contributed by atoms with Crippen LogP contribution in [0.5, 0.6) is 0 Å². The third-order valence-electron chi connectivity index (χ3n) is 3.91. The second kappa shape index (κ2) is 5.53. The molecule has 18 heavy (non-hydrogen) atoms. The van der Waals surface area contributed by atoms with Crippen molar-refractivity contribution in [3.63, 3.8) is 0 Å². The first kappa shape index (κ1) is 14.7. The molecule has 3 N–H and O–H groups in total. The van der Waals surface area contributed by atoms with E-state index in [0.29, 0.717) is 0 Å². The van der Waals surface area contributed by atoms with Crippen LogP contribution in [0.4, 0.5) is 0 Å². The van der Waals surface area contributed by atoms with Gasteiger partial charge in [0.25, 0.3) is 0 Å². The molecule has 0 radical (unpaired) electrons. The zero-order valence-corrected chi connectivity index (χ0v) is 11.4. The van der Waals surface area contributed by atoms with Gasteiger partial charge >= 0.3 is 5.97 Å². The largest absolute Gasteiger partial charge is 0.481 e. The molecule has 0 bridgehead atoms. The van der Waals surface area contributed by atoms with Crippen LogP contribution in [0.2, 0.25) is 0 Å². The summed E-state index contributed by atoms with van der Waals surface area (Å²) in [4.78, 5) is 11.0. The van der Waals surface area contributed by atoms with Gasteiger partial charge < -0.3 is 10.8 Å². The van der Waals surface area contributed by atoms with Crippen LogP contribution in [0.25, 0.3) is 0 Å². The molecule has 1 unspecified atom stereocenters. The highest BCUT2D eigenvalue weighted by molar-refractivity contribution is 5.68. The van der Waals surface area contributed by atoms with Gasteiger partial charge in [0.15, 0.2) is 0 Å². The molecule has 100 valence electrons. The summed E-state index contributed by atoms with van der Waals surface area (Å²) in [7, 11) is 0. The van der Waals surface area contributed by atoms with Crippen molar-refractivity contribution in [1.29, 1.82) is 0 Å². The molecule has 3 heteroatoms. The highest BCUT2D eigenvalue weighted by Crippen LogP contribution is 2.37.